The summed E-state index contributed by atoms with van der Waals surface area (Å²) < 4.78 is 0. The maximum atomic E-state index is 13.3. The van der Waals surface area contributed by atoms with Gasteiger partial charge in [-0.05, 0) is 43.5 Å². The van der Waals surface area contributed by atoms with E-state index in [-0.39, 0.29) is 30.3 Å². The third-order valence-electron chi connectivity index (χ3n) is 6.09. The van der Waals surface area contributed by atoms with Crippen molar-refractivity contribution in [1.29, 1.82) is 0 Å². The molecule has 0 bridgehead atoms. The number of likely N-dealkylation sites (tertiary alicyclic amines) is 1. The molecule has 0 unspecified atom stereocenters. The molecule has 0 radical (unpaired) electrons. The van der Waals surface area contributed by atoms with Crippen molar-refractivity contribution < 1.29 is 9.59 Å². The van der Waals surface area contributed by atoms with E-state index in [1.54, 1.807) is 6.20 Å². The summed E-state index contributed by atoms with van der Waals surface area (Å²) in [6, 6.07) is 14.8. The number of carbonyl (C=O) groups is 2. The predicted molar refractivity (Wildman–Crippen MR) is 125 cm³/mol. The average Bonchev–Trinajstić information content (AvgIpc) is 2.82. The lowest BCUT2D eigenvalue weighted by molar-refractivity contribution is -0.128. The molecule has 31 heavy (non-hydrogen) atoms. The number of nitrogens with one attached hydrogen (secondary N) is 1. The van der Waals surface area contributed by atoms with Crippen LogP contribution in [0.5, 0.6) is 0 Å². The Bertz CT molecular complexity index is 867. The van der Waals surface area contributed by atoms with Gasteiger partial charge in [0.05, 0.1) is 24.3 Å². The van der Waals surface area contributed by atoms with Crippen molar-refractivity contribution >= 4 is 17.8 Å². The first-order chi connectivity index (χ1) is 15.1. The normalized spacial score (nSPS) is 19.1. The SMILES string of the molecule is CC[C@H](C)[C@@H](/C=C/c1ccccn1)NC(=O)[C@@H]1CCCCN1CC(=O)c1ccccc1. The molecule has 1 aromatic carbocycles. The van der Waals surface area contributed by atoms with Gasteiger partial charge in [-0.25, -0.2) is 0 Å². The molecule has 2 heterocycles. The van der Waals surface area contributed by atoms with E-state index in [0.29, 0.717) is 11.5 Å². The highest BCUT2D eigenvalue weighted by atomic mass is 16.2. The fourth-order valence-electron chi connectivity index (χ4n) is 3.95. The van der Waals surface area contributed by atoms with Crippen LogP contribution in [0.15, 0.2) is 60.8 Å². The monoisotopic (exact) mass is 419 g/mol. The molecule has 1 saturated heterocycles. The maximum Gasteiger partial charge on any atom is 0.237 e. The summed E-state index contributed by atoms with van der Waals surface area (Å²) in [6.07, 6.45) is 9.53. The number of pyridine rings is 1. The molecule has 5 heteroatoms. The molecule has 1 aliphatic rings. The van der Waals surface area contributed by atoms with Gasteiger partial charge in [0.2, 0.25) is 5.91 Å². The lowest BCUT2D eigenvalue weighted by Gasteiger charge is -2.35. The summed E-state index contributed by atoms with van der Waals surface area (Å²) in [4.78, 5) is 32.4. The summed E-state index contributed by atoms with van der Waals surface area (Å²) in [5.74, 6) is 0.372. The van der Waals surface area contributed by atoms with Gasteiger partial charge < -0.3 is 5.32 Å². The Morgan fingerprint density at radius 2 is 1.94 bits per heavy atom. The van der Waals surface area contributed by atoms with Crippen LogP contribution in [0.2, 0.25) is 0 Å². The summed E-state index contributed by atoms with van der Waals surface area (Å²) in [5, 5.41) is 3.24. The van der Waals surface area contributed by atoms with E-state index >= 15 is 0 Å². The molecule has 1 N–H and O–H groups in total. The lowest BCUT2D eigenvalue weighted by atomic mass is 9.96. The summed E-state index contributed by atoms with van der Waals surface area (Å²) in [5.41, 5.74) is 1.57. The highest BCUT2D eigenvalue weighted by molar-refractivity contribution is 5.98. The van der Waals surface area contributed by atoms with Crippen molar-refractivity contribution in [3.8, 4) is 0 Å². The molecule has 164 valence electrons. The Balaban J connectivity index is 1.68. The van der Waals surface area contributed by atoms with E-state index in [1.807, 2.05) is 65.6 Å². The number of ketones is 1. The molecule has 1 aliphatic heterocycles. The largest absolute Gasteiger partial charge is 0.348 e. The van der Waals surface area contributed by atoms with Gasteiger partial charge >= 0.3 is 0 Å². The van der Waals surface area contributed by atoms with Crippen LogP contribution in [0, 0.1) is 5.92 Å². The van der Waals surface area contributed by atoms with Crippen LogP contribution in [0.3, 0.4) is 0 Å². The van der Waals surface area contributed by atoms with Crippen molar-refractivity contribution in [2.24, 2.45) is 5.92 Å². The van der Waals surface area contributed by atoms with Gasteiger partial charge in [-0.15, -0.1) is 0 Å². The first-order valence-electron chi connectivity index (χ1n) is 11.3. The molecule has 0 aliphatic carbocycles. The topological polar surface area (TPSA) is 62.3 Å². The van der Waals surface area contributed by atoms with Gasteiger partial charge in [0.1, 0.15) is 0 Å². The third kappa shape index (κ3) is 6.59. The highest BCUT2D eigenvalue weighted by Gasteiger charge is 2.31. The quantitative estimate of drug-likeness (QED) is 0.614. The number of carbonyl (C=O) groups excluding carboxylic acids is 2. The number of benzene rings is 1. The molecule has 1 fully saturated rings. The lowest BCUT2D eigenvalue weighted by Crippen LogP contribution is -2.53. The average molecular weight is 420 g/mol. The molecular formula is C26H33N3O2. The Morgan fingerprint density at radius 3 is 2.65 bits per heavy atom. The molecule has 2 aromatic rings. The zero-order valence-corrected chi connectivity index (χ0v) is 18.5. The Hall–Kier alpha value is -2.79. The van der Waals surface area contributed by atoms with Crippen LogP contribution in [-0.4, -0.2) is 46.7 Å². The molecule has 0 spiro atoms. The van der Waals surface area contributed by atoms with E-state index in [2.05, 4.69) is 24.1 Å². The van der Waals surface area contributed by atoms with Gasteiger partial charge in [-0.2, -0.15) is 0 Å². The first kappa shape index (κ1) is 22.9. The molecule has 0 saturated carbocycles. The molecule has 1 amide bonds. The van der Waals surface area contributed by atoms with E-state index in [0.717, 1.165) is 37.9 Å². The first-order valence-corrected chi connectivity index (χ1v) is 11.3. The second-order valence-electron chi connectivity index (χ2n) is 8.30. The number of amides is 1. The zero-order chi connectivity index (χ0) is 22.1. The Morgan fingerprint density at radius 1 is 1.16 bits per heavy atom. The van der Waals surface area contributed by atoms with E-state index < -0.39 is 0 Å². The van der Waals surface area contributed by atoms with Crippen LogP contribution < -0.4 is 5.32 Å². The minimum Gasteiger partial charge on any atom is -0.348 e. The smallest absolute Gasteiger partial charge is 0.237 e. The highest BCUT2D eigenvalue weighted by Crippen LogP contribution is 2.19. The van der Waals surface area contributed by atoms with Crippen molar-refractivity contribution in [3.05, 3.63) is 72.1 Å². The zero-order valence-electron chi connectivity index (χ0n) is 18.5. The van der Waals surface area contributed by atoms with E-state index in [4.69, 9.17) is 0 Å². The van der Waals surface area contributed by atoms with Crippen LogP contribution in [-0.2, 0) is 4.79 Å². The van der Waals surface area contributed by atoms with Gasteiger partial charge in [0, 0.05) is 11.8 Å². The summed E-state index contributed by atoms with van der Waals surface area (Å²) >= 11 is 0. The Kier molecular flexibility index (Phi) is 8.53. The number of Topliss-reactive ketones (excluding diaryl/α,β-unsaturated/α-hetero) is 1. The summed E-state index contributed by atoms with van der Waals surface area (Å²) in [6.45, 7) is 5.32. The van der Waals surface area contributed by atoms with Crippen LogP contribution in [0.4, 0.5) is 0 Å². The molecule has 3 atom stereocenters. The van der Waals surface area contributed by atoms with Crippen molar-refractivity contribution in [3.63, 3.8) is 0 Å². The minimum absolute atomic E-state index is 0.0107. The second-order valence-corrected chi connectivity index (χ2v) is 8.30. The number of rotatable bonds is 9. The molecule has 5 nitrogen and oxygen atoms in total. The number of hydrogen-bond acceptors (Lipinski definition) is 4. The minimum atomic E-state index is -0.267. The van der Waals surface area contributed by atoms with Gasteiger partial charge in [0.15, 0.2) is 5.78 Å². The van der Waals surface area contributed by atoms with Crippen molar-refractivity contribution in [1.82, 2.24) is 15.2 Å². The maximum absolute atomic E-state index is 13.3. The number of piperidine rings is 1. The van der Waals surface area contributed by atoms with Gasteiger partial charge in [-0.1, -0.05) is 69.2 Å². The molecule has 3 rings (SSSR count). The Labute approximate surface area is 185 Å². The number of hydrogen-bond donors (Lipinski definition) is 1. The van der Waals surface area contributed by atoms with Crippen molar-refractivity contribution in [2.75, 3.05) is 13.1 Å². The van der Waals surface area contributed by atoms with E-state index in [1.165, 1.54) is 0 Å². The fraction of sp³-hybridized carbons (Fsp3) is 0.423. The van der Waals surface area contributed by atoms with Crippen LogP contribution in [0.1, 0.15) is 55.6 Å². The second kappa shape index (κ2) is 11.6. The molecule has 1 aromatic heterocycles. The van der Waals surface area contributed by atoms with Crippen LogP contribution >= 0.6 is 0 Å². The number of nitrogens with zero attached hydrogens (tertiary/aromatic N) is 2. The molecular weight excluding hydrogens is 386 g/mol. The van der Waals surface area contributed by atoms with Gasteiger partial charge in [0.25, 0.3) is 0 Å². The number of aromatic nitrogens is 1. The predicted octanol–water partition coefficient (Wildman–Crippen LogP) is 4.36. The standard InChI is InChI=1S/C26H33N3O2/c1-3-20(2)23(16-15-22-13-7-9-17-27-22)28-26(31)24-14-8-10-18-29(24)19-25(30)21-11-5-4-6-12-21/h4-7,9,11-13,15-17,20,23-24H,3,8,10,14,18-19H2,1-2H3,(H,28,31)/b16-15+/t20-,23+,24-/m0/s1. The van der Waals surface area contributed by atoms with Crippen molar-refractivity contribution in [2.45, 2.75) is 51.6 Å². The van der Waals surface area contributed by atoms with Gasteiger partial charge in [-0.3, -0.25) is 19.5 Å². The third-order valence-corrected chi connectivity index (χ3v) is 6.09. The van der Waals surface area contributed by atoms with Crippen LogP contribution in [0.25, 0.3) is 6.08 Å². The summed E-state index contributed by atoms with van der Waals surface area (Å²) in [7, 11) is 0. The fourth-order valence-corrected chi connectivity index (χ4v) is 3.95. The van der Waals surface area contributed by atoms with E-state index in [9.17, 15) is 9.59 Å².